The Morgan fingerprint density at radius 3 is 2.21 bits per heavy atom. The molecule has 86 valence electrons. The van der Waals surface area contributed by atoms with Crippen molar-refractivity contribution in [2.45, 2.75) is 58.9 Å². The summed E-state index contributed by atoms with van der Waals surface area (Å²) in [4.78, 5) is 2.55. The van der Waals surface area contributed by atoms with Crippen LogP contribution in [0.5, 0.6) is 0 Å². The Hall–Kier alpha value is -0.0800. The van der Waals surface area contributed by atoms with Gasteiger partial charge in [0.05, 0.1) is 0 Å². The maximum atomic E-state index is 5.83. The SMILES string of the molecule is CC.CCCCCN1CCC(N)CC1. The van der Waals surface area contributed by atoms with Crippen LogP contribution in [-0.4, -0.2) is 30.6 Å². The molecule has 0 atom stereocenters. The molecule has 2 nitrogen and oxygen atoms in total. The first kappa shape index (κ1) is 13.9. The van der Waals surface area contributed by atoms with Crippen molar-refractivity contribution in [2.75, 3.05) is 19.6 Å². The molecule has 1 heterocycles. The quantitative estimate of drug-likeness (QED) is 0.707. The highest BCUT2D eigenvalue weighted by atomic mass is 15.1. The molecule has 1 saturated heterocycles. The first-order valence-corrected chi connectivity index (χ1v) is 6.31. The van der Waals surface area contributed by atoms with Crippen molar-refractivity contribution in [2.24, 2.45) is 5.73 Å². The molecule has 1 rings (SSSR count). The fourth-order valence-electron chi connectivity index (χ4n) is 1.76. The first-order chi connectivity index (χ1) is 6.83. The smallest absolute Gasteiger partial charge is 0.00631 e. The van der Waals surface area contributed by atoms with Crippen LogP contribution in [0.15, 0.2) is 0 Å². The van der Waals surface area contributed by atoms with Gasteiger partial charge in [-0.2, -0.15) is 0 Å². The Morgan fingerprint density at radius 2 is 1.71 bits per heavy atom. The van der Waals surface area contributed by atoms with Crippen LogP contribution in [0.1, 0.15) is 52.9 Å². The minimum atomic E-state index is 0.479. The molecule has 14 heavy (non-hydrogen) atoms. The maximum Gasteiger partial charge on any atom is 0.00631 e. The van der Waals surface area contributed by atoms with E-state index in [9.17, 15) is 0 Å². The summed E-state index contributed by atoms with van der Waals surface area (Å²) in [5, 5.41) is 0. The number of nitrogens with zero attached hydrogens (tertiary/aromatic N) is 1. The summed E-state index contributed by atoms with van der Waals surface area (Å²) in [5.74, 6) is 0. The van der Waals surface area contributed by atoms with Crippen LogP contribution >= 0.6 is 0 Å². The summed E-state index contributed by atoms with van der Waals surface area (Å²) in [5.41, 5.74) is 5.83. The molecule has 1 aliphatic rings. The van der Waals surface area contributed by atoms with E-state index >= 15 is 0 Å². The van der Waals surface area contributed by atoms with Gasteiger partial charge in [0.2, 0.25) is 0 Å². The van der Waals surface area contributed by atoms with Gasteiger partial charge in [-0.15, -0.1) is 0 Å². The Kier molecular flexibility index (Phi) is 9.42. The molecule has 0 aromatic carbocycles. The number of hydrogen-bond donors (Lipinski definition) is 1. The molecule has 0 unspecified atom stereocenters. The Labute approximate surface area is 89.9 Å². The van der Waals surface area contributed by atoms with Gasteiger partial charge in [-0.25, -0.2) is 0 Å². The first-order valence-electron chi connectivity index (χ1n) is 6.31. The van der Waals surface area contributed by atoms with Crippen molar-refractivity contribution in [3.05, 3.63) is 0 Å². The zero-order chi connectivity index (χ0) is 10.8. The van der Waals surface area contributed by atoms with Gasteiger partial charge in [0, 0.05) is 6.04 Å². The monoisotopic (exact) mass is 200 g/mol. The highest BCUT2D eigenvalue weighted by Crippen LogP contribution is 2.09. The van der Waals surface area contributed by atoms with Crippen LogP contribution < -0.4 is 5.73 Å². The fraction of sp³-hybridized carbons (Fsp3) is 1.00. The lowest BCUT2D eigenvalue weighted by Gasteiger charge is -2.29. The van der Waals surface area contributed by atoms with E-state index in [1.54, 1.807) is 0 Å². The van der Waals surface area contributed by atoms with Gasteiger partial charge < -0.3 is 10.6 Å². The molecule has 0 saturated carbocycles. The van der Waals surface area contributed by atoms with E-state index in [1.807, 2.05) is 13.8 Å². The molecular formula is C12H28N2. The van der Waals surface area contributed by atoms with E-state index in [1.165, 1.54) is 51.7 Å². The van der Waals surface area contributed by atoms with Gasteiger partial charge in [-0.3, -0.25) is 0 Å². The summed E-state index contributed by atoms with van der Waals surface area (Å²) >= 11 is 0. The number of piperidine rings is 1. The number of likely N-dealkylation sites (tertiary alicyclic amines) is 1. The van der Waals surface area contributed by atoms with Crippen LogP contribution in [0.25, 0.3) is 0 Å². The molecule has 1 fully saturated rings. The second-order valence-electron chi connectivity index (χ2n) is 3.89. The summed E-state index contributed by atoms with van der Waals surface area (Å²) in [6.45, 7) is 10.0. The number of rotatable bonds is 4. The van der Waals surface area contributed by atoms with Crippen LogP contribution in [0, 0.1) is 0 Å². The molecule has 0 aromatic heterocycles. The molecule has 0 amide bonds. The third-order valence-corrected chi connectivity index (χ3v) is 2.71. The molecule has 2 heteroatoms. The van der Waals surface area contributed by atoms with Crippen molar-refractivity contribution in [1.29, 1.82) is 0 Å². The van der Waals surface area contributed by atoms with E-state index in [0.29, 0.717) is 6.04 Å². The second kappa shape index (κ2) is 9.47. The van der Waals surface area contributed by atoms with Crippen LogP contribution in [-0.2, 0) is 0 Å². The summed E-state index contributed by atoms with van der Waals surface area (Å²) in [6, 6.07) is 0.479. The Bertz CT molecular complexity index is 107. The lowest BCUT2D eigenvalue weighted by Crippen LogP contribution is -2.39. The summed E-state index contributed by atoms with van der Waals surface area (Å²) < 4.78 is 0. The van der Waals surface area contributed by atoms with Gasteiger partial charge in [0.1, 0.15) is 0 Å². The molecule has 0 radical (unpaired) electrons. The maximum absolute atomic E-state index is 5.83. The standard InChI is InChI=1S/C10H22N2.C2H6/c1-2-3-4-7-12-8-5-10(11)6-9-12;1-2/h10H,2-9,11H2,1H3;1-2H3. The van der Waals surface area contributed by atoms with Gasteiger partial charge in [0.25, 0.3) is 0 Å². The average molecular weight is 200 g/mol. The predicted molar refractivity (Wildman–Crippen MR) is 64.5 cm³/mol. The van der Waals surface area contributed by atoms with Crippen molar-refractivity contribution in [1.82, 2.24) is 4.90 Å². The van der Waals surface area contributed by atoms with Gasteiger partial charge in [0.15, 0.2) is 0 Å². The van der Waals surface area contributed by atoms with Crippen molar-refractivity contribution in [3.63, 3.8) is 0 Å². The largest absolute Gasteiger partial charge is 0.328 e. The molecule has 1 aliphatic heterocycles. The van der Waals surface area contributed by atoms with Crippen LogP contribution in [0.4, 0.5) is 0 Å². The molecular weight excluding hydrogens is 172 g/mol. The van der Waals surface area contributed by atoms with Gasteiger partial charge >= 0.3 is 0 Å². The Morgan fingerprint density at radius 1 is 1.14 bits per heavy atom. The molecule has 0 spiro atoms. The van der Waals surface area contributed by atoms with E-state index in [-0.39, 0.29) is 0 Å². The normalized spacial score (nSPS) is 18.9. The van der Waals surface area contributed by atoms with E-state index in [4.69, 9.17) is 5.73 Å². The van der Waals surface area contributed by atoms with Gasteiger partial charge in [-0.1, -0.05) is 33.6 Å². The summed E-state index contributed by atoms with van der Waals surface area (Å²) in [7, 11) is 0. The van der Waals surface area contributed by atoms with Crippen LogP contribution in [0.2, 0.25) is 0 Å². The molecule has 0 aliphatic carbocycles. The van der Waals surface area contributed by atoms with E-state index < -0.39 is 0 Å². The third-order valence-electron chi connectivity index (χ3n) is 2.71. The zero-order valence-electron chi connectivity index (χ0n) is 10.3. The van der Waals surface area contributed by atoms with Crippen molar-refractivity contribution in [3.8, 4) is 0 Å². The Balaban J connectivity index is 0.000000791. The predicted octanol–water partition coefficient (Wildman–Crippen LogP) is 2.63. The lowest BCUT2D eigenvalue weighted by atomic mass is 10.1. The zero-order valence-corrected chi connectivity index (χ0v) is 10.3. The fourth-order valence-corrected chi connectivity index (χ4v) is 1.76. The minimum absolute atomic E-state index is 0.479. The molecule has 0 aromatic rings. The topological polar surface area (TPSA) is 29.3 Å². The van der Waals surface area contributed by atoms with Crippen molar-refractivity contribution < 1.29 is 0 Å². The van der Waals surface area contributed by atoms with E-state index in [0.717, 1.165) is 0 Å². The highest BCUT2D eigenvalue weighted by molar-refractivity contribution is 4.73. The third kappa shape index (κ3) is 6.39. The average Bonchev–Trinajstić information content (AvgIpc) is 2.24. The molecule has 2 N–H and O–H groups in total. The number of nitrogens with two attached hydrogens (primary N) is 1. The lowest BCUT2D eigenvalue weighted by molar-refractivity contribution is 0.209. The summed E-state index contributed by atoms with van der Waals surface area (Å²) in [6.07, 6.45) is 6.47. The number of hydrogen-bond acceptors (Lipinski definition) is 2. The van der Waals surface area contributed by atoms with Crippen molar-refractivity contribution >= 4 is 0 Å². The van der Waals surface area contributed by atoms with Crippen LogP contribution in [0.3, 0.4) is 0 Å². The minimum Gasteiger partial charge on any atom is -0.328 e. The number of unbranched alkanes of at least 4 members (excludes halogenated alkanes) is 2. The molecule has 0 bridgehead atoms. The second-order valence-corrected chi connectivity index (χ2v) is 3.89. The van der Waals surface area contributed by atoms with E-state index in [2.05, 4.69) is 11.8 Å². The highest BCUT2D eigenvalue weighted by Gasteiger charge is 2.14. The van der Waals surface area contributed by atoms with Gasteiger partial charge in [-0.05, 0) is 38.9 Å².